The first-order valence-corrected chi connectivity index (χ1v) is 10.6. The molecule has 11 heteroatoms. The molecule has 0 saturated heterocycles. The Kier molecular flexibility index (Phi) is 5.27. The van der Waals surface area contributed by atoms with Crippen molar-refractivity contribution in [3.8, 4) is 0 Å². The average molecular weight is 409 g/mol. The summed E-state index contributed by atoms with van der Waals surface area (Å²) in [7, 11) is -3.81. The normalized spacial score (nSPS) is 13.0. The fourth-order valence-corrected chi connectivity index (χ4v) is 4.04. The fraction of sp³-hybridized carbons (Fsp3) is 0.312. The van der Waals surface area contributed by atoms with E-state index in [1.165, 1.54) is 23.9 Å². The Hall–Kier alpha value is -2.37. The van der Waals surface area contributed by atoms with E-state index in [1.807, 2.05) is 11.5 Å². The summed E-state index contributed by atoms with van der Waals surface area (Å²) in [6, 6.07) is 6.17. The maximum Gasteiger partial charge on any atom is 0.240 e. The van der Waals surface area contributed by atoms with Crippen molar-refractivity contribution in [3.05, 3.63) is 30.0 Å². The van der Waals surface area contributed by atoms with E-state index >= 15 is 0 Å². The molecule has 0 fully saturated rings. The number of amides is 1. The zero-order valence-electron chi connectivity index (χ0n) is 15.0. The summed E-state index contributed by atoms with van der Waals surface area (Å²) in [4.78, 5) is 16.9. The molecule has 0 aliphatic rings. The van der Waals surface area contributed by atoms with Crippen molar-refractivity contribution < 1.29 is 17.7 Å². The summed E-state index contributed by atoms with van der Waals surface area (Å²) in [6.07, 6.45) is 0. The Morgan fingerprint density at radius 3 is 2.74 bits per heavy atom. The number of carbonyl (C=O) groups excluding carboxylic acids is 1. The molecule has 3 N–H and O–H groups in total. The Bertz CT molecular complexity index is 1100. The minimum atomic E-state index is -3.81. The highest BCUT2D eigenvalue weighted by Crippen LogP contribution is 2.29. The van der Waals surface area contributed by atoms with Gasteiger partial charge in [-0.15, -0.1) is 0 Å². The van der Waals surface area contributed by atoms with E-state index in [9.17, 15) is 13.2 Å². The molecule has 0 radical (unpaired) electrons. The third-order valence-electron chi connectivity index (χ3n) is 3.86. The highest BCUT2D eigenvalue weighted by molar-refractivity contribution is 8.00. The van der Waals surface area contributed by atoms with E-state index < -0.39 is 15.3 Å². The SMILES string of the molecule is CCn1c(S[C@H](C)C(=O)Nc2cc(C)no2)nc2cc(S(N)(=O)=O)ccc21. The molecule has 9 nitrogen and oxygen atoms in total. The molecule has 0 unspecified atom stereocenters. The Morgan fingerprint density at radius 2 is 2.15 bits per heavy atom. The smallest absolute Gasteiger partial charge is 0.240 e. The number of thioether (sulfide) groups is 1. The third-order valence-corrected chi connectivity index (χ3v) is 5.86. The lowest BCUT2D eigenvalue weighted by atomic mass is 10.3. The lowest BCUT2D eigenvalue weighted by Gasteiger charge is -2.11. The van der Waals surface area contributed by atoms with Crippen molar-refractivity contribution in [2.45, 2.75) is 42.6 Å². The number of hydrogen-bond donors (Lipinski definition) is 2. The van der Waals surface area contributed by atoms with Gasteiger partial charge in [-0.25, -0.2) is 18.5 Å². The number of aromatic nitrogens is 3. The van der Waals surface area contributed by atoms with Crippen LogP contribution in [-0.4, -0.2) is 34.3 Å². The fourth-order valence-electron chi connectivity index (χ4n) is 2.52. The molecule has 1 aromatic carbocycles. The molecule has 2 aromatic heterocycles. The van der Waals surface area contributed by atoms with E-state index in [0.717, 1.165) is 5.52 Å². The number of aryl methyl sites for hydroxylation is 2. The van der Waals surface area contributed by atoms with Gasteiger partial charge in [0.15, 0.2) is 5.16 Å². The number of nitrogens with one attached hydrogen (secondary N) is 1. The zero-order valence-corrected chi connectivity index (χ0v) is 16.6. The summed E-state index contributed by atoms with van der Waals surface area (Å²) < 4.78 is 30.0. The van der Waals surface area contributed by atoms with Gasteiger partial charge < -0.3 is 9.09 Å². The zero-order chi connectivity index (χ0) is 19.8. The number of benzene rings is 1. The second-order valence-electron chi connectivity index (χ2n) is 5.92. The molecule has 0 aliphatic heterocycles. The van der Waals surface area contributed by atoms with Crippen LogP contribution in [0.5, 0.6) is 0 Å². The van der Waals surface area contributed by atoms with Crippen molar-refractivity contribution >= 4 is 44.6 Å². The van der Waals surface area contributed by atoms with Crippen molar-refractivity contribution in [2.75, 3.05) is 5.32 Å². The monoisotopic (exact) mass is 409 g/mol. The van der Waals surface area contributed by atoms with Gasteiger partial charge in [0, 0.05) is 12.6 Å². The van der Waals surface area contributed by atoms with Gasteiger partial charge in [-0.3, -0.25) is 10.1 Å². The topological polar surface area (TPSA) is 133 Å². The van der Waals surface area contributed by atoms with Gasteiger partial charge in [-0.05, 0) is 39.0 Å². The standard InChI is InChI=1S/C16H19N5O4S2/c1-4-21-13-6-5-11(27(17,23)24)8-12(13)18-16(21)26-10(3)15(22)19-14-7-9(2)20-25-14/h5-8,10H,4H2,1-3H3,(H,19,22)(H2,17,23,24)/t10-/m1/s1. The molecule has 2 heterocycles. The number of sulfonamides is 1. The Morgan fingerprint density at radius 1 is 1.41 bits per heavy atom. The lowest BCUT2D eigenvalue weighted by Crippen LogP contribution is -2.22. The molecule has 0 spiro atoms. The molecule has 3 aromatic rings. The number of carbonyl (C=O) groups is 1. The average Bonchev–Trinajstić information content (AvgIpc) is 3.15. The van der Waals surface area contributed by atoms with Crippen molar-refractivity contribution in [2.24, 2.45) is 5.14 Å². The maximum absolute atomic E-state index is 12.4. The van der Waals surface area contributed by atoms with Crippen LogP contribution in [0.3, 0.4) is 0 Å². The summed E-state index contributed by atoms with van der Waals surface area (Å²) in [5.74, 6) is 0.0304. The highest BCUT2D eigenvalue weighted by Gasteiger charge is 2.21. The first-order chi connectivity index (χ1) is 12.7. The molecule has 0 saturated carbocycles. The van der Waals surface area contributed by atoms with E-state index in [1.54, 1.807) is 26.0 Å². The summed E-state index contributed by atoms with van der Waals surface area (Å²) >= 11 is 1.27. The van der Waals surface area contributed by atoms with E-state index in [2.05, 4.69) is 15.5 Å². The number of fused-ring (bicyclic) bond motifs is 1. The first-order valence-electron chi connectivity index (χ1n) is 8.13. The van der Waals surface area contributed by atoms with Crippen LogP contribution in [0.2, 0.25) is 0 Å². The summed E-state index contributed by atoms with van der Waals surface area (Å²) in [5, 5.41) is 11.7. The van der Waals surface area contributed by atoms with Crippen molar-refractivity contribution in [3.63, 3.8) is 0 Å². The number of hydrogen-bond acceptors (Lipinski definition) is 7. The number of anilines is 1. The predicted molar refractivity (Wildman–Crippen MR) is 102 cm³/mol. The van der Waals surface area contributed by atoms with Gasteiger partial charge in [0.1, 0.15) is 0 Å². The molecule has 1 amide bonds. The van der Waals surface area contributed by atoms with E-state index in [0.29, 0.717) is 22.9 Å². The lowest BCUT2D eigenvalue weighted by molar-refractivity contribution is -0.115. The number of imidazole rings is 1. The molecule has 0 bridgehead atoms. The first kappa shape index (κ1) is 19.4. The highest BCUT2D eigenvalue weighted by atomic mass is 32.2. The van der Waals surface area contributed by atoms with Gasteiger partial charge in [0.05, 0.1) is 26.9 Å². The quantitative estimate of drug-likeness (QED) is 0.596. The number of primary sulfonamides is 1. The Balaban J connectivity index is 1.85. The maximum atomic E-state index is 12.4. The largest absolute Gasteiger partial charge is 0.338 e. The second kappa shape index (κ2) is 7.33. The number of rotatable bonds is 6. The second-order valence-corrected chi connectivity index (χ2v) is 8.79. The van der Waals surface area contributed by atoms with E-state index in [-0.39, 0.29) is 16.7 Å². The molecule has 144 valence electrons. The van der Waals surface area contributed by atoms with Crippen LogP contribution in [0.15, 0.2) is 38.8 Å². The van der Waals surface area contributed by atoms with E-state index in [4.69, 9.17) is 9.66 Å². The molecule has 0 aliphatic carbocycles. The van der Waals surface area contributed by atoms with Crippen LogP contribution in [0.1, 0.15) is 19.5 Å². The van der Waals surface area contributed by atoms with Crippen LogP contribution in [0.25, 0.3) is 11.0 Å². The van der Waals surface area contributed by atoms with Gasteiger partial charge >= 0.3 is 0 Å². The minimum absolute atomic E-state index is 0.00113. The molecule has 3 rings (SSSR count). The number of nitrogens with two attached hydrogens (primary N) is 1. The Labute approximate surface area is 160 Å². The number of nitrogens with zero attached hydrogens (tertiary/aromatic N) is 3. The van der Waals surface area contributed by atoms with Gasteiger partial charge in [0.25, 0.3) is 0 Å². The van der Waals surface area contributed by atoms with Crippen LogP contribution < -0.4 is 10.5 Å². The van der Waals surface area contributed by atoms with Gasteiger partial charge in [-0.1, -0.05) is 16.9 Å². The van der Waals surface area contributed by atoms with Crippen LogP contribution in [-0.2, 0) is 21.4 Å². The van der Waals surface area contributed by atoms with Crippen molar-refractivity contribution in [1.82, 2.24) is 14.7 Å². The van der Waals surface area contributed by atoms with Gasteiger partial charge in [0.2, 0.25) is 21.8 Å². The third kappa shape index (κ3) is 4.15. The molecule has 27 heavy (non-hydrogen) atoms. The summed E-state index contributed by atoms with van der Waals surface area (Å²) in [5.41, 5.74) is 1.94. The minimum Gasteiger partial charge on any atom is -0.338 e. The van der Waals surface area contributed by atoms with Gasteiger partial charge in [-0.2, -0.15) is 0 Å². The predicted octanol–water partition coefficient (Wildman–Crippen LogP) is 2.12. The van der Waals surface area contributed by atoms with Crippen LogP contribution in [0, 0.1) is 6.92 Å². The molecule has 1 atom stereocenters. The van der Waals surface area contributed by atoms with Crippen LogP contribution in [0.4, 0.5) is 5.88 Å². The van der Waals surface area contributed by atoms with Crippen molar-refractivity contribution in [1.29, 1.82) is 0 Å². The molecular weight excluding hydrogens is 390 g/mol. The molecular formula is C16H19N5O4S2. The van der Waals surface area contributed by atoms with Crippen LogP contribution >= 0.6 is 11.8 Å². The summed E-state index contributed by atoms with van der Waals surface area (Å²) in [6.45, 7) is 6.07.